The number of nitrogens with zero attached hydrogens (tertiary/aromatic N) is 3. The summed E-state index contributed by atoms with van der Waals surface area (Å²) in [6.45, 7) is 4.66. The third kappa shape index (κ3) is 4.75. The molecule has 160 valence electrons. The summed E-state index contributed by atoms with van der Waals surface area (Å²) >= 11 is 0. The molecule has 6 heteroatoms. The van der Waals surface area contributed by atoms with Crippen LogP contribution < -0.4 is 15.0 Å². The number of pyridine rings is 1. The van der Waals surface area contributed by atoms with Gasteiger partial charge in [0.25, 0.3) is 5.91 Å². The first-order chi connectivity index (χ1) is 14.8. The van der Waals surface area contributed by atoms with Gasteiger partial charge in [-0.3, -0.25) is 9.69 Å². The zero-order valence-electron chi connectivity index (χ0n) is 17.8. The Kier molecular flexibility index (Phi) is 6.84. The van der Waals surface area contributed by atoms with Crippen LogP contribution >= 0.6 is 0 Å². The second-order valence-corrected chi connectivity index (χ2v) is 8.16. The maximum atomic E-state index is 13.1. The van der Waals surface area contributed by atoms with E-state index in [4.69, 9.17) is 4.74 Å². The molecule has 1 N–H and O–H groups in total. The minimum Gasteiger partial charge on any atom is -0.497 e. The molecule has 0 bridgehead atoms. The van der Waals surface area contributed by atoms with Gasteiger partial charge in [-0.2, -0.15) is 0 Å². The molecular weight excluding hydrogens is 376 g/mol. The molecule has 2 aliphatic rings. The first-order valence-corrected chi connectivity index (χ1v) is 11.1. The predicted octanol–water partition coefficient (Wildman–Crippen LogP) is 3.65. The highest BCUT2D eigenvalue weighted by molar-refractivity contribution is 5.98. The molecule has 4 rings (SSSR count). The molecule has 2 fully saturated rings. The van der Waals surface area contributed by atoms with E-state index < -0.39 is 0 Å². The molecule has 1 amide bonds. The van der Waals surface area contributed by atoms with Crippen molar-refractivity contribution in [2.75, 3.05) is 44.7 Å². The van der Waals surface area contributed by atoms with E-state index in [-0.39, 0.29) is 11.9 Å². The molecule has 2 aliphatic heterocycles. The molecular formula is C24H32N4O2. The Labute approximate surface area is 179 Å². The van der Waals surface area contributed by atoms with Crippen LogP contribution in [0.3, 0.4) is 0 Å². The van der Waals surface area contributed by atoms with Gasteiger partial charge < -0.3 is 15.0 Å². The van der Waals surface area contributed by atoms with Crippen molar-refractivity contribution >= 4 is 11.7 Å². The number of carbonyl (C=O) groups is 1. The second kappa shape index (κ2) is 9.94. The van der Waals surface area contributed by atoms with Crippen molar-refractivity contribution in [1.82, 2.24) is 15.2 Å². The molecule has 1 unspecified atom stereocenters. The standard InChI is InChI=1S/C24H32N4O2/c1-30-20-11-9-19(10-12-20)22(27-14-3-2-4-15-27)18-26-24(29)21-8-7-13-25-23(21)28-16-5-6-17-28/h7-13,22H,2-6,14-18H2,1H3,(H,26,29). The lowest BCUT2D eigenvalue weighted by Gasteiger charge is -2.35. The number of ether oxygens (including phenoxy) is 1. The monoisotopic (exact) mass is 408 g/mol. The van der Waals surface area contributed by atoms with Crippen LogP contribution in [0.1, 0.15) is 54.1 Å². The summed E-state index contributed by atoms with van der Waals surface area (Å²) in [7, 11) is 1.68. The van der Waals surface area contributed by atoms with Crippen molar-refractivity contribution < 1.29 is 9.53 Å². The lowest BCUT2D eigenvalue weighted by Crippen LogP contribution is -2.41. The quantitative estimate of drug-likeness (QED) is 0.758. The molecule has 0 radical (unpaired) electrons. The number of hydrogen-bond donors (Lipinski definition) is 1. The maximum absolute atomic E-state index is 13.1. The van der Waals surface area contributed by atoms with Crippen molar-refractivity contribution in [3.05, 3.63) is 53.7 Å². The molecule has 2 aromatic rings. The van der Waals surface area contributed by atoms with Crippen LogP contribution in [-0.4, -0.2) is 55.6 Å². The van der Waals surface area contributed by atoms with Crippen LogP contribution in [0, 0.1) is 0 Å². The SMILES string of the molecule is COc1ccc(C(CNC(=O)c2cccnc2N2CCCC2)N2CCCCC2)cc1. The van der Waals surface area contributed by atoms with Gasteiger partial charge in [-0.1, -0.05) is 18.6 Å². The number of piperidine rings is 1. The third-order valence-electron chi connectivity index (χ3n) is 6.22. The smallest absolute Gasteiger partial charge is 0.255 e. The Hall–Kier alpha value is -2.60. The van der Waals surface area contributed by atoms with Crippen molar-refractivity contribution in [2.24, 2.45) is 0 Å². The summed E-state index contributed by atoms with van der Waals surface area (Å²) in [6.07, 6.45) is 7.80. The van der Waals surface area contributed by atoms with Gasteiger partial charge in [0.05, 0.1) is 18.7 Å². The van der Waals surface area contributed by atoms with Crippen molar-refractivity contribution in [3.63, 3.8) is 0 Å². The first kappa shape index (κ1) is 20.7. The van der Waals surface area contributed by atoms with Crippen molar-refractivity contribution in [3.8, 4) is 5.75 Å². The molecule has 1 aromatic carbocycles. The Morgan fingerprint density at radius 3 is 2.43 bits per heavy atom. The summed E-state index contributed by atoms with van der Waals surface area (Å²) in [6, 6.07) is 12.1. The molecule has 1 atom stereocenters. The maximum Gasteiger partial charge on any atom is 0.255 e. The lowest BCUT2D eigenvalue weighted by molar-refractivity contribution is 0.0924. The van der Waals surface area contributed by atoms with E-state index in [0.717, 1.165) is 50.6 Å². The highest BCUT2D eigenvalue weighted by Gasteiger charge is 2.25. The molecule has 0 saturated carbocycles. The minimum absolute atomic E-state index is 0.0412. The fraction of sp³-hybridized carbons (Fsp3) is 0.500. The van der Waals surface area contributed by atoms with Crippen LogP contribution in [0.5, 0.6) is 5.75 Å². The van der Waals surface area contributed by atoms with E-state index in [1.165, 1.54) is 24.8 Å². The predicted molar refractivity (Wildman–Crippen MR) is 119 cm³/mol. The van der Waals surface area contributed by atoms with Gasteiger partial charge in [0.15, 0.2) is 0 Å². The number of hydrogen-bond acceptors (Lipinski definition) is 5. The molecule has 2 saturated heterocycles. The Bertz CT molecular complexity index is 827. The summed E-state index contributed by atoms with van der Waals surface area (Å²) in [5.74, 6) is 1.62. The largest absolute Gasteiger partial charge is 0.497 e. The zero-order valence-corrected chi connectivity index (χ0v) is 17.8. The molecule has 0 spiro atoms. The molecule has 1 aromatic heterocycles. The van der Waals surface area contributed by atoms with Crippen molar-refractivity contribution in [1.29, 1.82) is 0 Å². The number of amides is 1. The average molecular weight is 409 g/mol. The number of benzene rings is 1. The molecule has 0 aliphatic carbocycles. The van der Waals surface area contributed by atoms with Crippen LogP contribution in [-0.2, 0) is 0 Å². The van der Waals surface area contributed by atoms with Gasteiger partial charge in [0.1, 0.15) is 11.6 Å². The van der Waals surface area contributed by atoms with Crippen LogP contribution in [0.15, 0.2) is 42.6 Å². The highest BCUT2D eigenvalue weighted by Crippen LogP contribution is 2.27. The number of methoxy groups -OCH3 is 1. The van der Waals surface area contributed by atoms with E-state index >= 15 is 0 Å². The van der Waals surface area contributed by atoms with Gasteiger partial charge in [0, 0.05) is 25.8 Å². The second-order valence-electron chi connectivity index (χ2n) is 8.16. The van der Waals surface area contributed by atoms with Gasteiger partial charge >= 0.3 is 0 Å². The Morgan fingerprint density at radius 2 is 1.73 bits per heavy atom. The first-order valence-electron chi connectivity index (χ1n) is 11.1. The number of aromatic nitrogens is 1. The normalized spacial score (nSPS) is 18.2. The van der Waals surface area contributed by atoms with E-state index in [1.807, 2.05) is 24.3 Å². The van der Waals surface area contributed by atoms with Crippen LogP contribution in [0.2, 0.25) is 0 Å². The van der Waals surface area contributed by atoms with Gasteiger partial charge in [-0.25, -0.2) is 4.98 Å². The van der Waals surface area contributed by atoms with Crippen LogP contribution in [0.25, 0.3) is 0 Å². The van der Waals surface area contributed by atoms with E-state index in [1.54, 1.807) is 13.3 Å². The summed E-state index contributed by atoms with van der Waals surface area (Å²) in [5, 5.41) is 3.21. The Morgan fingerprint density at radius 1 is 1.03 bits per heavy atom. The highest BCUT2D eigenvalue weighted by atomic mass is 16.5. The zero-order chi connectivity index (χ0) is 20.8. The average Bonchev–Trinajstić information content (AvgIpc) is 3.35. The van der Waals surface area contributed by atoms with Gasteiger partial charge in [-0.15, -0.1) is 0 Å². The van der Waals surface area contributed by atoms with E-state index in [2.05, 4.69) is 32.2 Å². The number of nitrogens with one attached hydrogen (secondary N) is 1. The number of likely N-dealkylation sites (tertiary alicyclic amines) is 1. The van der Waals surface area contributed by atoms with E-state index in [9.17, 15) is 4.79 Å². The summed E-state index contributed by atoms with van der Waals surface area (Å²) in [5.41, 5.74) is 1.88. The molecule has 3 heterocycles. The topological polar surface area (TPSA) is 57.7 Å². The van der Waals surface area contributed by atoms with E-state index in [0.29, 0.717) is 12.1 Å². The van der Waals surface area contributed by atoms with Gasteiger partial charge in [0.2, 0.25) is 0 Å². The number of anilines is 1. The minimum atomic E-state index is -0.0412. The van der Waals surface area contributed by atoms with Crippen molar-refractivity contribution in [2.45, 2.75) is 38.1 Å². The fourth-order valence-electron chi connectivity index (χ4n) is 4.55. The summed E-state index contributed by atoms with van der Waals surface area (Å²) in [4.78, 5) is 22.4. The molecule has 30 heavy (non-hydrogen) atoms. The fourth-order valence-corrected chi connectivity index (χ4v) is 4.55. The molecule has 6 nitrogen and oxygen atoms in total. The summed E-state index contributed by atoms with van der Waals surface area (Å²) < 4.78 is 5.32. The lowest BCUT2D eigenvalue weighted by atomic mass is 10.0. The number of rotatable bonds is 7. The Balaban J connectivity index is 1.50. The van der Waals surface area contributed by atoms with Gasteiger partial charge in [-0.05, 0) is 68.6 Å². The third-order valence-corrected chi connectivity index (χ3v) is 6.22. The van der Waals surface area contributed by atoms with Crippen LogP contribution in [0.4, 0.5) is 5.82 Å². The number of carbonyl (C=O) groups excluding carboxylic acids is 1.